The van der Waals surface area contributed by atoms with E-state index in [2.05, 4.69) is 26.3 Å². The summed E-state index contributed by atoms with van der Waals surface area (Å²) in [4.78, 5) is 13.2. The minimum absolute atomic E-state index is 0.314. The lowest BCUT2D eigenvalue weighted by Gasteiger charge is -2.31. The fourth-order valence-corrected chi connectivity index (χ4v) is 4.32. The van der Waals surface area contributed by atoms with Gasteiger partial charge in [0.25, 0.3) is 0 Å². The summed E-state index contributed by atoms with van der Waals surface area (Å²) in [6.45, 7) is 0.970. The van der Waals surface area contributed by atoms with E-state index in [9.17, 15) is 5.11 Å². The zero-order chi connectivity index (χ0) is 20.4. The summed E-state index contributed by atoms with van der Waals surface area (Å²) in [5.41, 5.74) is 1.25. The monoisotopic (exact) mass is 420 g/mol. The predicted molar refractivity (Wildman–Crippen MR) is 115 cm³/mol. The number of anilines is 2. The van der Waals surface area contributed by atoms with E-state index in [1.807, 2.05) is 42.5 Å². The standard InChI is InChI=1S/C22H20N4O3S/c27-22(9-13-28-14-10-22)19-20(24-12-11-23-19)29-16-7-5-15(6-8-16)25-21-26-17-3-1-2-4-18(17)30-21/h1-8,11-12,27H,9-10,13-14H2,(H,25,26). The molecular formula is C22H20N4O3S. The van der Waals surface area contributed by atoms with Crippen LogP contribution in [0.4, 0.5) is 10.8 Å². The summed E-state index contributed by atoms with van der Waals surface area (Å²) in [5.74, 6) is 0.927. The highest BCUT2D eigenvalue weighted by Crippen LogP contribution is 2.37. The van der Waals surface area contributed by atoms with Crippen LogP contribution in [0.25, 0.3) is 10.2 Å². The topological polar surface area (TPSA) is 89.4 Å². The van der Waals surface area contributed by atoms with Gasteiger partial charge in [0.1, 0.15) is 17.0 Å². The first-order valence-corrected chi connectivity index (χ1v) is 10.5. The number of para-hydroxylation sites is 1. The summed E-state index contributed by atoms with van der Waals surface area (Å²) in [6.07, 6.45) is 4.06. The lowest BCUT2D eigenvalue weighted by atomic mass is 9.90. The van der Waals surface area contributed by atoms with Gasteiger partial charge in [0.15, 0.2) is 5.13 Å². The molecule has 0 radical (unpaired) electrons. The van der Waals surface area contributed by atoms with Crippen LogP contribution in [-0.4, -0.2) is 33.3 Å². The third-order valence-electron chi connectivity index (χ3n) is 5.04. The van der Waals surface area contributed by atoms with Gasteiger partial charge in [-0.05, 0) is 36.4 Å². The van der Waals surface area contributed by atoms with Gasteiger partial charge in [0.2, 0.25) is 5.88 Å². The number of ether oxygens (including phenoxy) is 2. The van der Waals surface area contributed by atoms with Crippen LogP contribution in [0, 0.1) is 0 Å². The minimum Gasteiger partial charge on any atom is -0.437 e. The molecule has 4 aromatic rings. The number of nitrogens with one attached hydrogen (secondary N) is 1. The second kappa shape index (κ2) is 7.98. The lowest BCUT2D eigenvalue weighted by Crippen LogP contribution is -2.34. The third kappa shape index (κ3) is 3.85. The van der Waals surface area contributed by atoms with Crippen molar-refractivity contribution in [3.63, 3.8) is 0 Å². The highest BCUT2D eigenvalue weighted by atomic mass is 32.1. The van der Waals surface area contributed by atoms with Gasteiger partial charge in [0, 0.05) is 44.1 Å². The Morgan fingerprint density at radius 3 is 2.57 bits per heavy atom. The maximum atomic E-state index is 11.0. The highest BCUT2D eigenvalue weighted by molar-refractivity contribution is 7.22. The molecule has 0 unspecified atom stereocenters. The average Bonchev–Trinajstić information content (AvgIpc) is 3.18. The Morgan fingerprint density at radius 2 is 1.77 bits per heavy atom. The first kappa shape index (κ1) is 18.9. The molecule has 30 heavy (non-hydrogen) atoms. The van der Waals surface area contributed by atoms with Gasteiger partial charge in [-0.2, -0.15) is 0 Å². The normalized spacial score (nSPS) is 15.8. The molecule has 0 atom stereocenters. The summed E-state index contributed by atoms with van der Waals surface area (Å²) in [7, 11) is 0. The Hall–Kier alpha value is -3.07. The number of nitrogens with zero attached hydrogens (tertiary/aromatic N) is 3. The van der Waals surface area contributed by atoms with Gasteiger partial charge in [-0.15, -0.1) is 0 Å². The molecule has 0 amide bonds. The molecule has 0 bridgehead atoms. The zero-order valence-electron chi connectivity index (χ0n) is 16.1. The zero-order valence-corrected chi connectivity index (χ0v) is 16.9. The minimum atomic E-state index is -1.09. The molecule has 0 spiro atoms. The van der Waals surface area contributed by atoms with Crippen molar-refractivity contribution in [1.82, 2.24) is 15.0 Å². The van der Waals surface area contributed by atoms with Crippen molar-refractivity contribution in [3.05, 3.63) is 66.6 Å². The third-order valence-corrected chi connectivity index (χ3v) is 5.99. The van der Waals surface area contributed by atoms with Crippen LogP contribution in [0.3, 0.4) is 0 Å². The molecule has 1 saturated heterocycles. The van der Waals surface area contributed by atoms with Crippen molar-refractivity contribution >= 4 is 32.4 Å². The van der Waals surface area contributed by atoms with Crippen LogP contribution in [0.2, 0.25) is 0 Å². The molecule has 7 nitrogen and oxygen atoms in total. The lowest BCUT2D eigenvalue weighted by molar-refractivity contribution is -0.0717. The molecule has 1 aliphatic heterocycles. The Bertz CT molecular complexity index is 1120. The van der Waals surface area contributed by atoms with Crippen LogP contribution >= 0.6 is 11.3 Å². The van der Waals surface area contributed by atoms with E-state index in [-0.39, 0.29) is 0 Å². The summed E-state index contributed by atoms with van der Waals surface area (Å²) >= 11 is 1.61. The van der Waals surface area contributed by atoms with Crippen molar-refractivity contribution in [2.75, 3.05) is 18.5 Å². The van der Waals surface area contributed by atoms with Crippen molar-refractivity contribution in [1.29, 1.82) is 0 Å². The number of fused-ring (bicyclic) bond motifs is 1. The number of aromatic nitrogens is 3. The quantitative estimate of drug-likeness (QED) is 0.487. The number of benzene rings is 2. The average molecular weight is 420 g/mol. The molecule has 2 N–H and O–H groups in total. The molecule has 0 saturated carbocycles. The number of hydrogen-bond acceptors (Lipinski definition) is 8. The molecule has 1 aliphatic rings. The van der Waals surface area contributed by atoms with Crippen LogP contribution in [0.15, 0.2) is 60.9 Å². The van der Waals surface area contributed by atoms with E-state index in [0.29, 0.717) is 43.4 Å². The molecular weight excluding hydrogens is 400 g/mol. The van der Waals surface area contributed by atoms with Crippen molar-refractivity contribution < 1.29 is 14.6 Å². The van der Waals surface area contributed by atoms with Crippen molar-refractivity contribution in [2.24, 2.45) is 0 Å². The molecule has 5 rings (SSSR count). The van der Waals surface area contributed by atoms with Gasteiger partial charge < -0.3 is 19.9 Å². The summed E-state index contributed by atoms with van der Waals surface area (Å²) < 4.78 is 12.5. The van der Waals surface area contributed by atoms with Gasteiger partial charge in [-0.3, -0.25) is 4.98 Å². The van der Waals surface area contributed by atoms with Crippen LogP contribution in [-0.2, 0) is 10.3 Å². The van der Waals surface area contributed by atoms with Crippen molar-refractivity contribution in [2.45, 2.75) is 18.4 Å². The van der Waals surface area contributed by atoms with Gasteiger partial charge in [-0.25, -0.2) is 9.97 Å². The Morgan fingerprint density at radius 1 is 1.00 bits per heavy atom. The van der Waals surface area contributed by atoms with E-state index in [4.69, 9.17) is 9.47 Å². The Balaban J connectivity index is 1.33. The predicted octanol–water partition coefficient (Wildman–Crippen LogP) is 4.62. The van der Waals surface area contributed by atoms with E-state index in [1.165, 1.54) is 0 Å². The molecule has 2 aromatic heterocycles. The summed E-state index contributed by atoms with van der Waals surface area (Å²) in [6, 6.07) is 15.6. The van der Waals surface area contributed by atoms with E-state index in [1.54, 1.807) is 23.7 Å². The van der Waals surface area contributed by atoms with E-state index in [0.717, 1.165) is 21.0 Å². The molecule has 3 heterocycles. The fourth-order valence-electron chi connectivity index (χ4n) is 3.43. The molecule has 1 fully saturated rings. The molecule has 0 aliphatic carbocycles. The summed E-state index contributed by atoms with van der Waals surface area (Å²) in [5, 5.41) is 15.2. The van der Waals surface area contributed by atoms with Gasteiger partial charge in [0.05, 0.1) is 10.2 Å². The van der Waals surface area contributed by atoms with E-state index < -0.39 is 5.60 Å². The van der Waals surface area contributed by atoms with Crippen LogP contribution < -0.4 is 10.1 Å². The number of rotatable bonds is 5. The van der Waals surface area contributed by atoms with Gasteiger partial charge >= 0.3 is 0 Å². The maximum absolute atomic E-state index is 11.0. The molecule has 2 aromatic carbocycles. The number of hydrogen-bond donors (Lipinski definition) is 2. The van der Waals surface area contributed by atoms with Crippen LogP contribution in [0.5, 0.6) is 11.6 Å². The number of aliphatic hydroxyl groups is 1. The van der Waals surface area contributed by atoms with Gasteiger partial charge in [-0.1, -0.05) is 23.5 Å². The van der Waals surface area contributed by atoms with Crippen LogP contribution in [0.1, 0.15) is 18.5 Å². The largest absolute Gasteiger partial charge is 0.437 e. The second-order valence-electron chi connectivity index (χ2n) is 7.09. The fraction of sp³-hybridized carbons (Fsp3) is 0.227. The van der Waals surface area contributed by atoms with Crippen molar-refractivity contribution in [3.8, 4) is 11.6 Å². The molecule has 152 valence electrons. The SMILES string of the molecule is OC1(c2nccnc2Oc2ccc(Nc3nc4ccccc4s3)cc2)CCOCC1. The van der Waals surface area contributed by atoms with E-state index >= 15 is 0 Å². The smallest absolute Gasteiger partial charge is 0.244 e. The molecule has 8 heteroatoms. The second-order valence-corrected chi connectivity index (χ2v) is 8.12. The highest BCUT2D eigenvalue weighted by Gasteiger charge is 2.36. The maximum Gasteiger partial charge on any atom is 0.244 e. The first-order valence-electron chi connectivity index (χ1n) is 9.72. The number of thiazole rings is 1. The Kier molecular flexibility index (Phi) is 5.04. The first-order chi connectivity index (χ1) is 14.7. The Labute approximate surface area is 177 Å².